The molecule has 9 nitrogen and oxygen atoms in total. The molecule has 1 heterocycles. The smallest absolute Gasteiger partial charge is 0.340 e. The summed E-state index contributed by atoms with van der Waals surface area (Å²) in [6.07, 6.45) is 0. The van der Waals surface area contributed by atoms with Crippen molar-refractivity contribution in [2.24, 2.45) is 0 Å². The predicted molar refractivity (Wildman–Crippen MR) is 89.4 cm³/mol. The zero-order chi connectivity index (χ0) is 18.6. The molecule has 1 aliphatic rings. The van der Waals surface area contributed by atoms with Gasteiger partial charge in [-0.25, -0.2) is 4.79 Å². The molecule has 1 aliphatic heterocycles. The molecule has 0 spiro atoms. The summed E-state index contributed by atoms with van der Waals surface area (Å²) in [7, 11) is 1.42. The molecular weight excluding hydrogens is 346 g/mol. The van der Waals surface area contributed by atoms with E-state index < -0.39 is 27.9 Å². The highest BCUT2D eigenvalue weighted by Gasteiger charge is 2.34. The largest absolute Gasteiger partial charge is 0.504 e. The highest BCUT2D eigenvalue weighted by Crippen LogP contribution is 2.53. The van der Waals surface area contributed by atoms with Crippen LogP contribution in [0.25, 0.3) is 21.5 Å². The fourth-order valence-electron chi connectivity index (χ4n) is 3.27. The molecule has 132 valence electrons. The van der Waals surface area contributed by atoms with Crippen molar-refractivity contribution in [3.63, 3.8) is 0 Å². The standard InChI is InChI=1S/C17H11NO8/c1-24-10-4-2-3-7-8(10)5-9(18(22)23)12-11(7)15-16(26-6-25-15)14(19)13(12)17(20)21/h2-5,19H,6H2,1H3,(H,20,21). The van der Waals surface area contributed by atoms with Crippen LogP contribution in [-0.2, 0) is 0 Å². The van der Waals surface area contributed by atoms with Gasteiger partial charge in [-0.1, -0.05) is 12.1 Å². The van der Waals surface area contributed by atoms with Gasteiger partial charge in [0.2, 0.25) is 12.5 Å². The van der Waals surface area contributed by atoms with Gasteiger partial charge in [0.25, 0.3) is 5.69 Å². The van der Waals surface area contributed by atoms with Crippen LogP contribution in [-0.4, -0.2) is 35.0 Å². The van der Waals surface area contributed by atoms with Gasteiger partial charge in [0.05, 0.1) is 17.4 Å². The number of non-ortho nitro benzene ring substituents is 1. The van der Waals surface area contributed by atoms with Crippen LogP contribution in [0.3, 0.4) is 0 Å². The minimum Gasteiger partial charge on any atom is -0.504 e. The maximum absolute atomic E-state index is 11.8. The summed E-state index contributed by atoms with van der Waals surface area (Å²) < 4.78 is 15.9. The van der Waals surface area contributed by atoms with Gasteiger partial charge in [-0.15, -0.1) is 0 Å². The van der Waals surface area contributed by atoms with E-state index in [1.807, 2.05) is 0 Å². The fourth-order valence-corrected chi connectivity index (χ4v) is 3.27. The maximum atomic E-state index is 11.8. The molecule has 3 aromatic rings. The number of carboxylic acids is 1. The van der Waals surface area contributed by atoms with Crippen molar-refractivity contribution in [3.05, 3.63) is 39.9 Å². The number of phenols is 1. The molecule has 0 atom stereocenters. The zero-order valence-electron chi connectivity index (χ0n) is 13.3. The third kappa shape index (κ3) is 1.94. The van der Waals surface area contributed by atoms with E-state index >= 15 is 0 Å². The lowest BCUT2D eigenvalue weighted by Crippen LogP contribution is -2.03. The molecule has 0 radical (unpaired) electrons. The van der Waals surface area contributed by atoms with Crippen LogP contribution in [0.5, 0.6) is 23.0 Å². The molecule has 0 amide bonds. The first-order valence-corrected chi connectivity index (χ1v) is 7.41. The highest BCUT2D eigenvalue weighted by molar-refractivity contribution is 6.23. The summed E-state index contributed by atoms with van der Waals surface area (Å²) >= 11 is 0. The fraction of sp³-hybridized carbons (Fsp3) is 0.118. The summed E-state index contributed by atoms with van der Waals surface area (Å²) in [6.45, 7) is -0.241. The molecule has 3 aromatic carbocycles. The van der Waals surface area contributed by atoms with Gasteiger partial charge >= 0.3 is 5.97 Å². The number of hydrogen-bond donors (Lipinski definition) is 2. The van der Waals surface area contributed by atoms with E-state index in [9.17, 15) is 25.1 Å². The van der Waals surface area contributed by atoms with Gasteiger partial charge < -0.3 is 24.4 Å². The van der Waals surface area contributed by atoms with Crippen LogP contribution in [0.15, 0.2) is 24.3 Å². The number of aromatic carboxylic acids is 1. The first-order valence-electron chi connectivity index (χ1n) is 7.41. The van der Waals surface area contributed by atoms with E-state index in [1.54, 1.807) is 18.2 Å². The SMILES string of the molecule is COc1cccc2c1cc([N+](=O)[O-])c1c(C(=O)O)c(O)c3c(c12)OCO3. The Morgan fingerprint density at radius 2 is 1.96 bits per heavy atom. The molecule has 26 heavy (non-hydrogen) atoms. The van der Waals surface area contributed by atoms with Crippen molar-refractivity contribution in [3.8, 4) is 23.0 Å². The molecule has 4 rings (SSSR count). The van der Waals surface area contributed by atoms with Gasteiger partial charge in [0.15, 0.2) is 11.5 Å². The first-order chi connectivity index (χ1) is 12.5. The van der Waals surface area contributed by atoms with Crippen molar-refractivity contribution < 1.29 is 34.1 Å². The molecular formula is C17H11NO8. The number of benzene rings is 3. The summed E-state index contributed by atoms with van der Waals surface area (Å²) in [5, 5.41) is 32.4. The molecule has 0 aliphatic carbocycles. The Kier molecular flexibility index (Phi) is 3.26. The average molecular weight is 357 g/mol. The van der Waals surface area contributed by atoms with Crippen molar-refractivity contribution in [1.29, 1.82) is 0 Å². The van der Waals surface area contributed by atoms with Crippen LogP contribution in [0, 0.1) is 10.1 Å². The summed E-state index contributed by atoms with van der Waals surface area (Å²) in [5.41, 5.74) is -1.09. The van der Waals surface area contributed by atoms with E-state index in [4.69, 9.17) is 14.2 Å². The normalized spacial score (nSPS) is 12.5. The van der Waals surface area contributed by atoms with Crippen LogP contribution in [0.2, 0.25) is 0 Å². The van der Waals surface area contributed by atoms with Crippen molar-refractivity contribution >= 4 is 33.2 Å². The third-order valence-electron chi connectivity index (χ3n) is 4.29. The Morgan fingerprint density at radius 3 is 2.62 bits per heavy atom. The average Bonchev–Trinajstić information content (AvgIpc) is 3.09. The van der Waals surface area contributed by atoms with E-state index in [0.717, 1.165) is 0 Å². The van der Waals surface area contributed by atoms with Crippen LogP contribution < -0.4 is 14.2 Å². The molecule has 2 N–H and O–H groups in total. The highest BCUT2D eigenvalue weighted by atomic mass is 16.7. The second-order valence-electron chi connectivity index (χ2n) is 5.55. The summed E-state index contributed by atoms with van der Waals surface area (Å²) in [4.78, 5) is 22.7. The topological polar surface area (TPSA) is 128 Å². The Hall–Kier alpha value is -3.75. The molecule has 0 saturated carbocycles. The molecule has 9 heteroatoms. The zero-order valence-corrected chi connectivity index (χ0v) is 13.3. The van der Waals surface area contributed by atoms with Crippen LogP contribution in [0.4, 0.5) is 5.69 Å². The lowest BCUT2D eigenvalue weighted by atomic mass is 9.94. The van der Waals surface area contributed by atoms with E-state index in [1.165, 1.54) is 13.2 Å². The number of carboxylic acid groups (broad SMARTS) is 1. The lowest BCUT2D eigenvalue weighted by molar-refractivity contribution is -0.383. The van der Waals surface area contributed by atoms with Gasteiger partial charge in [-0.3, -0.25) is 10.1 Å². The summed E-state index contributed by atoms with van der Waals surface area (Å²) in [6, 6.07) is 6.19. The monoisotopic (exact) mass is 357 g/mol. The molecule has 0 fully saturated rings. The van der Waals surface area contributed by atoms with Gasteiger partial charge in [0, 0.05) is 16.8 Å². The maximum Gasteiger partial charge on any atom is 0.340 e. The van der Waals surface area contributed by atoms with E-state index in [2.05, 4.69) is 0 Å². The van der Waals surface area contributed by atoms with Crippen molar-refractivity contribution in [2.75, 3.05) is 13.9 Å². The minimum atomic E-state index is -1.52. The Morgan fingerprint density at radius 1 is 1.23 bits per heavy atom. The number of fused-ring (bicyclic) bond motifs is 5. The van der Waals surface area contributed by atoms with Gasteiger partial charge in [-0.2, -0.15) is 0 Å². The Labute approximate surface area is 145 Å². The number of nitro benzene ring substituents is 1. The number of ether oxygens (including phenoxy) is 3. The molecule has 0 unspecified atom stereocenters. The Bertz CT molecular complexity index is 1120. The van der Waals surface area contributed by atoms with Crippen LogP contribution in [0.1, 0.15) is 10.4 Å². The first kappa shape index (κ1) is 15.8. The second-order valence-corrected chi connectivity index (χ2v) is 5.55. The third-order valence-corrected chi connectivity index (χ3v) is 4.29. The van der Waals surface area contributed by atoms with Crippen LogP contribution >= 0.6 is 0 Å². The number of methoxy groups -OCH3 is 1. The molecule has 0 bridgehead atoms. The molecule has 0 aromatic heterocycles. The number of carbonyl (C=O) groups is 1. The molecule has 0 saturated heterocycles. The quantitative estimate of drug-likeness (QED) is 0.416. The minimum absolute atomic E-state index is 0.0597. The number of aromatic hydroxyl groups is 1. The summed E-state index contributed by atoms with van der Waals surface area (Å²) in [5.74, 6) is -1.94. The number of nitrogens with zero attached hydrogens (tertiary/aromatic N) is 1. The van der Waals surface area contributed by atoms with Gasteiger partial charge in [0.1, 0.15) is 11.3 Å². The lowest BCUT2D eigenvalue weighted by Gasteiger charge is -2.14. The second kappa shape index (κ2) is 5.38. The van der Waals surface area contributed by atoms with E-state index in [-0.39, 0.29) is 29.1 Å². The van der Waals surface area contributed by atoms with Crippen molar-refractivity contribution in [1.82, 2.24) is 0 Å². The van der Waals surface area contributed by atoms with Crippen molar-refractivity contribution in [2.45, 2.75) is 0 Å². The predicted octanol–water partition coefficient (Wildman–Crippen LogP) is 3.04. The van der Waals surface area contributed by atoms with E-state index in [0.29, 0.717) is 16.5 Å². The van der Waals surface area contributed by atoms with Gasteiger partial charge in [-0.05, 0) is 11.5 Å². The number of hydrogen-bond acceptors (Lipinski definition) is 7. The number of rotatable bonds is 3. The Balaban J connectivity index is 2.38. The number of nitro groups is 1.